The Morgan fingerprint density at radius 2 is 1.85 bits per heavy atom. The van der Waals surface area contributed by atoms with Crippen LogP contribution in [0.5, 0.6) is 0 Å². The molecule has 0 spiro atoms. The lowest BCUT2D eigenvalue weighted by Crippen LogP contribution is -2.26. The molecule has 1 amide bonds. The van der Waals surface area contributed by atoms with Gasteiger partial charge in [0.15, 0.2) is 0 Å². The number of amides is 1. The highest BCUT2D eigenvalue weighted by molar-refractivity contribution is 7.98. The van der Waals surface area contributed by atoms with Crippen LogP contribution in [-0.2, 0) is 6.42 Å². The Morgan fingerprint density at radius 1 is 1.04 bits per heavy atom. The molecule has 0 aliphatic heterocycles. The van der Waals surface area contributed by atoms with Gasteiger partial charge >= 0.3 is 0 Å². The lowest BCUT2D eigenvalue weighted by atomic mass is 10.1. The summed E-state index contributed by atoms with van der Waals surface area (Å²) in [5, 5.41) is 5.64. The number of halogens is 1. The van der Waals surface area contributed by atoms with E-state index < -0.39 is 0 Å². The van der Waals surface area contributed by atoms with E-state index in [1.807, 2.05) is 48.7 Å². The maximum absolute atomic E-state index is 12.4. The molecule has 0 aliphatic carbocycles. The van der Waals surface area contributed by atoms with Crippen molar-refractivity contribution in [1.82, 2.24) is 5.32 Å². The number of para-hydroxylation sites is 1. The van der Waals surface area contributed by atoms with Crippen LogP contribution in [0.3, 0.4) is 0 Å². The summed E-state index contributed by atoms with van der Waals surface area (Å²) < 4.78 is 5.86. The second-order valence-electron chi connectivity index (χ2n) is 6.28. The second-order valence-corrected chi connectivity index (χ2v) is 7.57. The van der Waals surface area contributed by atoms with Gasteiger partial charge in [-0.05, 0) is 54.6 Å². The van der Waals surface area contributed by atoms with E-state index in [0.717, 1.165) is 38.8 Å². The first-order chi connectivity index (χ1) is 13.2. The molecule has 5 heteroatoms. The van der Waals surface area contributed by atoms with Gasteiger partial charge in [0.1, 0.15) is 11.2 Å². The van der Waals surface area contributed by atoms with Crippen molar-refractivity contribution in [3.8, 4) is 0 Å². The Labute approximate surface area is 166 Å². The summed E-state index contributed by atoms with van der Waals surface area (Å²) in [6, 6.07) is 19.7. The van der Waals surface area contributed by atoms with E-state index in [1.165, 1.54) is 0 Å². The SMILES string of the molecule is CSc1ccc(Cl)c(C(=O)NCCc2ccc3oc4ccccc4c3c2)c1. The zero-order chi connectivity index (χ0) is 18.8. The number of hydrogen-bond acceptors (Lipinski definition) is 3. The fourth-order valence-electron chi connectivity index (χ4n) is 3.15. The molecule has 3 nitrogen and oxygen atoms in total. The maximum Gasteiger partial charge on any atom is 0.252 e. The van der Waals surface area contributed by atoms with Gasteiger partial charge in [0, 0.05) is 22.2 Å². The third kappa shape index (κ3) is 3.68. The maximum atomic E-state index is 12.4. The van der Waals surface area contributed by atoms with Crippen molar-refractivity contribution in [2.24, 2.45) is 0 Å². The van der Waals surface area contributed by atoms with E-state index >= 15 is 0 Å². The Morgan fingerprint density at radius 3 is 2.70 bits per heavy atom. The first kappa shape index (κ1) is 18.0. The van der Waals surface area contributed by atoms with Gasteiger partial charge in [0.05, 0.1) is 10.6 Å². The minimum absolute atomic E-state index is 0.147. The number of benzene rings is 3. The van der Waals surface area contributed by atoms with Gasteiger partial charge in [0.2, 0.25) is 0 Å². The fourth-order valence-corrected chi connectivity index (χ4v) is 3.79. The summed E-state index contributed by atoms with van der Waals surface area (Å²) in [6.45, 7) is 0.542. The second kappa shape index (κ2) is 7.67. The van der Waals surface area contributed by atoms with E-state index in [0.29, 0.717) is 17.1 Å². The highest BCUT2D eigenvalue weighted by Crippen LogP contribution is 2.29. The van der Waals surface area contributed by atoms with E-state index in [1.54, 1.807) is 17.8 Å². The molecule has 1 N–H and O–H groups in total. The van der Waals surface area contributed by atoms with Crippen molar-refractivity contribution in [3.05, 3.63) is 76.8 Å². The lowest BCUT2D eigenvalue weighted by Gasteiger charge is -2.08. The summed E-state index contributed by atoms with van der Waals surface area (Å²) in [6.07, 6.45) is 2.71. The summed E-state index contributed by atoms with van der Waals surface area (Å²) in [7, 11) is 0. The van der Waals surface area contributed by atoms with E-state index in [9.17, 15) is 4.79 Å². The fraction of sp³-hybridized carbons (Fsp3) is 0.136. The van der Waals surface area contributed by atoms with Gasteiger partial charge in [-0.1, -0.05) is 35.9 Å². The van der Waals surface area contributed by atoms with Crippen LogP contribution in [0.4, 0.5) is 0 Å². The van der Waals surface area contributed by atoms with E-state index in [4.69, 9.17) is 16.0 Å². The summed E-state index contributed by atoms with van der Waals surface area (Å²) in [5.74, 6) is -0.147. The highest BCUT2D eigenvalue weighted by atomic mass is 35.5. The number of furan rings is 1. The van der Waals surface area contributed by atoms with E-state index in [2.05, 4.69) is 17.4 Å². The highest BCUT2D eigenvalue weighted by Gasteiger charge is 2.11. The number of fused-ring (bicyclic) bond motifs is 3. The van der Waals surface area contributed by atoms with E-state index in [-0.39, 0.29) is 5.91 Å². The molecule has 4 aromatic rings. The summed E-state index contributed by atoms with van der Waals surface area (Å²) >= 11 is 7.76. The molecule has 3 aromatic carbocycles. The average molecular weight is 396 g/mol. The smallest absolute Gasteiger partial charge is 0.252 e. The number of rotatable bonds is 5. The van der Waals surface area contributed by atoms with Gasteiger partial charge in [-0.25, -0.2) is 0 Å². The minimum Gasteiger partial charge on any atom is -0.456 e. The number of hydrogen-bond donors (Lipinski definition) is 1. The first-order valence-electron chi connectivity index (χ1n) is 8.67. The molecule has 136 valence electrons. The average Bonchev–Trinajstić information content (AvgIpc) is 3.06. The van der Waals surface area contributed by atoms with Crippen molar-refractivity contribution in [2.45, 2.75) is 11.3 Å². The molecule has 0 saturated carbocycles. The van der Waals surface area contributed by atoms with Gasteiger partial charge < -0.3 is 9.73 Å². The Bertz CT molecular complexity index is 1140. The summed E-state index contributed by atoms with van der Waals surface area (Å²) in [5.41, 5.74) is 3.43. The van der Waals surface area contributed by atoms with Crippen LogP contribution >= 0.6 is 23.4 Å². The van der Waals surface area contributed by atoms with Crippen LogP contribution in [0.25, 0.3) is 21.9 Å². The van der Waals surface area contributed by atoms with Crippen molar-refractivity contribution in [3.63, 3.8) is 0 Å². The van der Waals surface area contributed by atoms with Crippen LogP contribution in [-0.4, -0.2) is 18.7 Å². The van der Waals surface area contributed by atoms with Crippen LogP contribution in [0.1, 0.15) is 15.9 Å². The minimum atomic E-state index is -0.147. The zero-order valence-corrected chi connectivity index (χ0v) is 16.4. The van der Waals surface area contributed by atoms with Crippen LogP contribution in [0.15, 0.2) is 70.0 Å². The largest absolute Gasteiger partial charge is 0.456 e. The Balaban J connectivity index is 1.47. The molecular formula is C22H18ClNO2S. The number of carbonyl (C=O) groups is 1. The lowest BCUT2D eigenvalue weighted by molar-refractivity contribution is 0.0954. The number of carbonyl (C=O) groups excluding carboxylic acids is 1. The molecule has 0 fully saturated rings. The Kier molecular flexibility index (Phi) is 5.10. The van der Waals surface area contributed by atoms with Crippen LogP contribution in [0.2, 0.25) is 5.02 Å². The standard InChI is InChI=1S/C22H18ClNO2S/c1-27-15-7-8-19(23)18(13-15)22(25)24-11-10-14-6-9-21-17(12-14)16-4-2-3-5-20(16)26-21/h2-9,12-13H,10-11H2,1H3,(H,24,25). The van der Waals surface area contributed by atoms with Crippen molar-refractivity contribution < 1.29 is 9.21 Å². The third-order valence-electron chi connectivity index (χ3n) is 4.56. The molecular weight excluding hydrogens is 378 g/mol. The zero-order valence-electron chi connectivity index (χ0n) is 14.8. The molecule has 0 aliphatic rings. The van der Waals surface area contributed by atoms with Crippen molar-refractivity contribution >= 4 is 51.2 Å². The molecule has 0 saturated heterocycles. The van der Waals surface area contributed by atoms with Gasteiger partial charge in [-0.15, -0.1) is 11.8 Å². The van der Waals surface area contributed by atoms with Crippen molar-refractivity contribution in [2.75, 3.05) is 12.8 Å². The molecule has 27 heavy (non-hydrogen) atoms. The Hall–Kier alpha value is -2.43. The van der Waals surface area contributed by atoms with Gasteiger partial charge in [-0.2, -0.15) is 0 Å². The molecule has 0 bridgehead atoms. The molecule has 0 atom stereocenters. The normalized spacial score (nSPS) is 11.2. The summed E-state index contributed by atoms with van der Waals surface area (Å²) in [4.78, 5) is 13.5. The number of nitrogens with one attached hydrogen (secondary N) is 1. The molecule has 0 radical (unpaired) electrons. The van der Waals surface area contributed by atoms with Gasteiger partial charge in [0.25, 0.3) is 5.91 Å². The monoisotopic (exact) mass is 395 g/mol. The predicted molar refractivity (Wildman–Crippen MR) is 113 cm³/mol. The third-order valence-corrected chi connectivity index (χ3v) is 5.61. The molecule has 0 unspecified atom stereocenters. The van der Waals surface area contributed by atoms with Gasteiger partial charge in [-0.3, -0.25) is 4.79 Å². The molecule has 4 rings (SSSR count). The first-order valence-corrected chi connectivity index (χ1v) is 10.3. The molecule has 1 heterocycles. The quantitative estimate of drug-likeness (QED) is 0.425. The van der Waals surface area contributed by atoms with Crippen LogP contribution < -0.4 is 5.32 Å². The molecule has 1 aromatic heterocycles. The van der Waals surface area contributed by atoms with Crippen LogP contribution in [0, 0.1) is 0 Å². The predicted octanol–water partition coefficient (Wildman–Crippen LogP) is 5.93. The number of thioether (sulfide) groups is 1. The van der Waals surface area contributed by atoms with Crippen molar-refractivity contribution in [1.29, 1.82) is 0 Å². The topological polar surface area (TPSA) is 42.2 Å².